The number of hydrogen-bond acceptors (Lipinski definition) is 2. The summed E-state index contributed by atoms with van der Waals surface area (Å²) in [6.45, 7) is 0. The third-order valence-corrected chi connectivity index (χ3v) is 4.11. The maximum Gasteiger partial charge on any atom is 0.148 e. The van der Waals surface area contributed by atoms with Crippen molar-refractivity contribution in [3.05, 3.63) is 70.0 Å². The Kier molecular flexibility index (Phi) is 3.94. The molecule has 4 heteroatoms. The van der Waals surface area contributed by atoms with Crippen molar-refractivity contribution in [1.82, 2.24) is 0 Å². The van der Waals surface area contributed by atoms with Crippen molar-refractivity contribution >= 4 is 53.8 Å². The summed E-state index contributed by atoms with van der Waals surface area (Å²) >= 11 is 6.76. The fourth-order valence-electron chi connectivity index (χ4n) is 1.91. The molecule has 4 aromatic rings. The van der Waals surface area contributed by atoms with E-state index in [0.717, 1.165) is 30.9 Å². The Morgan fingerprint density at radius 2 is 1.05 bits per heavy atom. The summed E-state index contributed by atoms with van der Waals surface area (Å²) in [7, 11) is 0. The molecule has 2 aromatic carbocycles. The van der Waals surface area contributed by atoms with Crippen LogP contribution in [0.3, 0.4) is 0 Å². The SMILES string of the molecule is Brc1cccc2ccoc12.Brc1cccc2ccoc12. The van der Waals surface area contributed by atoms with E-state index in [2.05, 4.69) is 31.9 Å². The van der Waals surface area contributed by atoms with Crippen molar-refractivity contribution in [3.8, 4) is 0 Å². The lowest BCUT2D eigenvalue weighted by Gasteiger charge is -1.88. The van der Waals surface area contributed by atoms with Crippen LogP contribution in [0.15, 0.2) is 78.8 Å². The van der Waals surface area contributed by atoms with Gasteiger partial charge >= 0.3 is 0 Å². The van der Waals surface area contributed by atoms with Crippen molar-refractivity contribution in [2.24, 2.45) is 0 Å². The van der Waals surface area contributed by atoms with Crippen LogP contribution < -0.4 is 0 Å². The largest absolute Gasteiger partial charge is 0.463 e. The number of furan rings is 2. The topological polar surface area (TPSA) is 26.3 Å². The lowest BCUT2D eigenvalue weighted by atomic mass is 10.3. The van der Waals surface area contributed by atoms with Crippen LogP contribution in [0.2, 0.25) is 0 Å². The molecule has 2 nitrogen and oxygen atoms in total. The average Bonchev–Trinajstić information content (AvgIpc) is 3.08. The highest BCUT2D eigenvalue weighted by molar-refractivity contribution is 9.11. The van der Waals surface area contributed by atoms with Crippen LogP contribution in [0.1, 0.15) is 0 Å². The summed E-state index contributed by atoms with van der Waals surface area (Å²) in [5.74, 6) is 0. The summed E-state index contributed by atoms with van der Waals surface area (Å²) in [6.07, 6.45) is 3.38. The Bertz CT molecular complexity index is 774. The fraction of sp³-hybridized carbons (Fsp3) is 0. The van der Waals surface area contributed by atoms with E-state index in [1.54, 1.807) is 12.5 Å². The maximum atomic E-state index is 5.20. The first-order valence-electron chi connectivity index (χ1n) is 5.99. The number of halogens is 2. The summed E-state index contributed by atoms with van der Waals surface area (Å²) < 4.78 is 12.4. The second-order valence-corrected chi connectivity index (χ2v) is 5.87. The highest BCUT2D eigenvalue weighted by Gasteiger charge is 1.98. The van der Waals surface area contributed by atoms with Gasteiger partial charge in [0.2, 0.25) is 0 Å². The highest BCUT2D eigenvalue weighted by Crippen LogP contribution is 2.24. The Morgan fingerprint density at radius 3 is 1.45 bits per heavy atom. The van der Waals surface area contributed by atoms with Gasteiger partial charge in [0, 0.05) is 10.8 Å². The van der Waals surface area contributed by atoms with Gasteiger partial charge in [-0.05, 0) is 56.1 Å². The lowest BCUT2D eigenvalue weighted by Crippen LogP contribution is -1.63. The van der Waals surface area contributed by atoms with Crippen LogP contribution in [0.5, 0.6) is 0 Å². The summed E-state index contributed by atoms with van der Waals surface area (Å²) in [5.41, 5.74) is 1.84. The summed E-state index contributed by atoms with van der Waals surface area (Å²) in [6, 6.07) is 15.8. The van der Waals surface area contributed by atoms with Gasteiger partial charge in [0.15, 0.2) is 0 Å². The third-order valence-electron chi connectivity index (χ3n) is 2.86. The van der Waals surface area contributed by atoms with Gasteiger partial charge in [-0.2, -0.15) is 0 Å². The molecule has 4 rings (SSSR count). The average molecular weight is 394 g/mol. The molecule has 0 spiro atoms. The van der Waals surface area contributed by atoms with Crippen molar-refractivity contribution < 1.29 is 8.83 Å². The molecule has 2 aromatic heterocycles. The van der Waals surface area contributed by atoms with E-state index in [0.29, 0.717) is 0 Å². The zero-order valence-electron chi connectivity index (χ0n) is 10.3. The highest BCUT2D eigenvalue weighted by atomic mass is 79.9. The van der Waals surface area contributed by atoms with Crippen molar-refractivity contribution in [2.45, 2.75) is 0 Å². The zero-order valence-corrected chi connectivity index (χ0v) is 13.5. The quantitative estimate of drug-likeness (QED) is 0.346. The van der Waals surface area contributed by atoms with Crippen molar-refractivity contribution in [3.63, 3.8) is 0 Å². The first-order valence-corrected chi connectivity index (χ1v) is 7.58. The first-order chi connectivity index (χ1) is 9.75. The van der Waals surface area contributed by atoms with Crippen LogP contribution in [-0.4, -0.2) is 0 Å². The molecular weight excluding hydrogens is 384 g/mol. The Labute approximate surface area is 132 Å². The van der Waals surface area contributed by atoms with Gasteiger partial charge in [0.05, 0.1) is 21.5 Å². The Hall–Kier alpha value is -1.52. The smallest absolute Gasteiger partial charge is 0.148 e. The van der Waals surface area contributed by atoms with E-state index in [4.69, 9.17) is 8.83 Å². The number of para-hydroxylation sites is 2. The molecule has 0 aliphatic rings. The van der Waals surface area contributed by atoms with E-state index in [-0.39, 0.29) is 0 Å². The first kappa shape index (κ1) is 13.5. The van der Waals surface area contributed by atoms with Crippen molar-refractivity contribution in [1.29, 1.82) is 0 Å². The number of hydrogen-bond donors (Lipinski definition) is 0. The van der Waals surface area contributed by atoms with Crippen molar-refractivity contribution in [2.75, 3.05) is 0 Å². The van der Waals surface area contributed by atoms with Gasteiger partial charge < -0.3 is 8.83 Å². The van der Waals surface area contributed by atoms with Gasteiger partial charge in [0.1, 0.15) is 11.2 Å². The standard InChI is InChI=1S/2C8H5BrO/c2*9-7-3-1-2-6-4-5-10-8(6)7/h2*1-5H. The predicted molar refractivity (Wildman–Crippen MR) is 87.8 cm³/mol. The molecule has 0 N–H and O–H groups in total. The molecule has 0 saturated heterocycles. The van der Waals surface area contributed by atoms with Gasteiger partial charge in [-0.1, -0.05) is 24.3 Å². The van der Waals surface area contributed by atoms with Crippen LogP contribution in [0.25, 0.3) is 21.9 Å². The predicted octanol–water partition coefficient (Wildman–Crippen LogP) is 6.39. The minimum Gasteiger partial charge on any atom is -0.463 e. The molecule has 0 saturated carbocycles. The minimum absolute atomic E-state index is 0.919. The molecular formula is C16H10Br2O2. The van der Waals surface area contributed by atoms with Gasteiger partial charge in [-0.3, -0.25) is 0 Å². The second kappa shape index (κ2) is 5.85. The third kappa shape index (κ3) is 2.67. The number of rotatable bonds is 0. The lowest BCUT2D eigenvalue weighted by molar-refractivity contribution is 0.613. The van der Waals surface area contributed by atoms with Crippen LogP contribution >= 0.6 is 31.9 Å². The van der Waals surface area contributed by atoms with E-state index in [1.165, 1.54) is 0 Å². The van der Waals surface area contributed by atoms with E-state index in [1.807, 2.05) is 48.5 Å². The zero-order chi connectivity index (χ0) is 13.9. The summed E-state index contributed by atoms with van der Waals surface area (Å²) in [4.78, 5) is 0. The van der Waals surface area contributed by atoms with E-state index < -0.39 is 0 Å². The molecule has 0 radical (unpaired) electrons. The monoisotopic (exact) mass is 392 g/mol. The minimum atomic E-state index is 0.919. The molecule has 0 amide bonds. The fourth-order valence-corrected chi connectivity index (χ4v) is 2.86. The molecule has 0 aliphatic carbocycles. The second-order valence-electron chi connectivity index (χ2n) is 4.16. The number of benzene rings is 2. The maximum absolute atomic E-state index is 5.20. The molecule has 2 heterocycles. The van der Waals surface area contributed by atoms with Gasteiger partial charge in [-0.15, -0.1) is 0 Å². The van der Waals surface area contributed by atoms with E-state index >= 15 is 0 Å². The van der Waals surface area contributed by atoms with E-state index in [9.17, 15) is 0 Å². The van der Waals surface area contributed by atoms with Gasteiger partial charge in [-0.25, -0.2) is 0 Å². The summed E-state index contributed by atoms with van der Waals surface area (Å²) in [5, 5.41) is 2.27. The van der Waals surface area contributed by atoms with Crippen LogP contribution in [0.4, 0.5) is 0 Å². The molecule has 0 aliphatic heterocycles. The molecule has 20 heavy (non-hydrogen) atoms. The normalized spacial score (nSPS) is 10.5. The van der Waals surface area contributed by atoms with Gasteiger partial charge in [0.25, 0.3) is 0 Å². The molecule has 0 unspecified atom stereocenters. The van der Waals surface area contributed by atoms with Crippen LogP contribution in [-0.2, 0) is 0 Å². The molecule has 0 fully saturated rings. The molecule has 0 atom stereocenters. The molecule has 100 valence electrons. The number of fused-ring (bicyclic) bond motifs is 2. The van der Waals surface area contributed by atoms with Crippen LogP contribution in [0, 0.1) is 0 Å². The molecule has 0 bridgehead atoms. The Morgan fingerprint density at radius 1 is 0.600 bits per heavy atom. The Balaban J connectivity index is 0.000000121.